The van der Waals surface area contributed by atoms with Gasteiger partial charge in [-0.1, -0.05) is 30.3 Å². The predicted molar refractivity (Wildman–Crippen MR) is 125 cm³/mol. The standard InChI is InChI=1S/C26H26N4O2/c1-32-22-12-10-20(11-13-22)25-28-23-8-5-16-27-26(23)30(25)21-15-17-29(18-21)24(31)14-9-19-6-3-2-4-7-19/h2-8,10-13,16,21H,9,14-15,17-18H2,1H3/t21-/m1/s1. The van der Waals surface area contributed by atoms with Gasteiger partial charge in [0, 0.05) is 31.3 Å². The van der Waals surface area contributed by atoms with E-state index in [2.05, 4.69) is 21.7 Å². The van der Waals surface area contributed by atoms with E-state index in [1.54, 1.807) is 13.3 Å². The summed E-state index contributed by atoms with van der Waals surface area (Å²) in [5.41, 5.74) is 3.94. The van der Waals surface area contributed by atoms with Crippen molar-refractivity contribution >= 4 is 17.1 Å². The lowest BCUT2D eigenvalue weighted by Gasteiger charge is -2.19. The molecule has 5 rings (SSSR count). The lowest BCUT2D eigenvalue weighted by Crippen LogP contribution is -2.29. The van der Waals surface area contributed by atoms with Gasteiger partial charge in [0.25, 0.3) is 0 Å². The number of imidazole rings is 1. The van der Waals surface area contributed by atoms with Crippen LogP contribution in [0.4, 0.5) is 0 Å². The first-order chi connectivity index (χ1) is 15.7. The summed E-state index contributed by atoms with van der Waals surface area (Å²) in [5.74, 6) is 1.90. The van der Waals surface area contributed by atoms with Crippen LogP contribution in [0.5, 0.6) is 5.75 Å². The number of nitrogens with zero attached hydrogens (tertiary/aromatic N) is 4. The van der Waals surface area contributed by atoms with Gasteiger partial charge in [0.15, 0.2) is 5.65 Å². The fourth-order valence-electron chi connectivity index (χ4n) is 4.45. The fourth-order valence-corrected chi connectivity index (χ4v) is 4.45. The third kappa shape index (κ3) is 3.96. The van der Waals surface area contributed by atoms with Crippen LogP contribution >= 0.6 is 0 Å². The van der Waals surface area contributed by atoms with E-state index < -0.39 is 0 Å². The average molecular weight is 427 g/mol. The van der Waals surface area contributed by atoms with E-state index in [0.717, 1.165) is 47.7 Å². The van der Waals surface area contributed by atoms with Crippen LogP contribution in [0.25, 0.3) is 22.6 Å². The second-order valence-electron chi connectivity index (χ2n) is 8.15. The quantitative estimate of drug-likeness (QED) is 0.455. The maximum absolute atomic E-state index is 12.9. The van der Waals surface area contributed by atoms with Crippen LogP contribution in [0, 0.1) is 0 Å². The van der Waals surface area contributed by atoms with Crippen molar-refractivity contribution in [3.8, 4) is 17.1 Å². The van der Waals surface area contributed by atoms with Gasteiger partial charge in [-0.15, -0.1) is 0 Å². The number of methoxy groups -OCH3 is 1. The molecular formula is C26H26N4O2. The molecule has 0 bridgehead atoms. The number of amides is 1. The summed E-state index contributed by atoms with van der Waals surface area (Å²) in [6.45, 7) is 1.44. The van der Waals surface area contributed by atoms with Gasteiger partial charge in [-0.25, -0.2) is 9.97 Å². The summed E-state index contributed by atoms with van der Waals surface area (Å²) in [6.07, 6.45) is 4.00. The van der Waals surface area contributed by atoms with E-state index >= 15 is 0 Å². The Morgan fingerprint density at radius 1 is 1.06 bits per heavy atom. The molecular weight excluding hydrogens is 400 g/mol. The number of carbonyl (C=O) groups is 1. The van der Waals surface area contributed by atoms with Crippen molar-refractivity contribution in [1.29, 1.82) is 0 Å². The van der Waals surface area contributed by atoms with Gasteiger partial charge in [0.05, 0.1) is 13.2 Å². The second-order valence-corrected chi connectivity index (χ2v) is 8.15. The van der Waals surface area contributed by atoms with Crippen molar-refractivity contribution in [1.82, 2.24) is 19.4 Å². The number of hydrogen-bond acceptors (Lipinski definition) is 4. The number of aromatic nitrogens is 3. The van der Waals surface area contributed by atoms with Gasteiger partial charge in [-0.05, 0) is 54.8 Å². The third-order valence-corrected chi connectivity index (χ3v) is 6.15. The second kappa shape index (κ2) is 8.83. The summed E-state index contributed by atoms with van der Waals surface area (Å²) in [7, 11) is 1.66. The van der Waals surface area contributed by atoms with Gasteiger partial charge in [-0.3, -0.25) is 4.79 Å². The Morgan fingerprint density at radius 2 is 1.88 bits per heavy atom. The minimum atomic E-state index is 0.146. The van der Waals surface area contributed by atoms with Gasteiger partial charge >= 0.3 is 0 Å². The molecule has 1 atom stereocenters. The highest BCUT2D eigenvalue weighted by atomic mass is 16.5. The summed E-state index contributed by atoms with van der Waals surface area (Å²) in [5, 5.41) is 0. The number of fused-ring (bicyclic) bond motifs is 1. The smallest absolute Gasteiger partial charge is 0.222 e. The van der Waals surface area contributed by atoms with Gasteiger partial charge in [-0.2, -0.15) is 0 Å². The highest BCUT2D eigenvalue weighted by Gasteiger charge is 2.30. The van der Waals surface area contributed by atoms with E-state index in [4.69, 9.17) is 9.72 Å². The lowest BCUT2D eigenvalue weighted by molar-refractivity contribution is -0.130. The van der Waals surface area contributed by atoms with Crippen molar-refractivity contribution in [3.63, 3.8) is 0 Å². The molecule has 6 nitrogen and oxygen atoms in total. The molecule has 2 aromatic heterocycles. The molecule has 162 valence electrons. The topological polar surface area (TPSA) is 60.3 Å². The Bertz CT molecular complexity index is 1220. The van der Waals surface area contributed by atoms with Crippen LogP contribution in [0.3, 0.4) is 0 Å². The molecule has 6 heteroatoms. The first-order valence-electron chi connectivity index (χ1n) is 11.0. The molecule has 3 heterocycles. The van der Waals surface area contributed by atoms with E-state index in [9.17, 15) is 4.79 Å². The number of aryl methyl sites for hydroxylation is 1. The summed E-state index contributed by atoms with van der Waals surface area (Å²) in [4.78, 5) is 24.4. The van der Waals surface area contributed by atoms with Crippen molar-refractivity contribution < 1.29 is 9.53 Å². The first-order valence-corrected chi connectivity index (χ1v) is 11.0. The molecule has 1 fully saturated rings. The lowest BCUT2D eigenvalue weighted by atomic mass is 10.1. The molecule has 2 aromatic carbocycles. The Kier molecular flexibility index (Phi) is 5.58. The van der Waals surface area contributed by atoms with Crippen LogP contribution in [0.1, 0.15) is 24.4 Å². The zero-order valence-corrected chi connectivity index (χ0v) is 18.1. The monoisotopic (exact) mass is 426 g/mol. The van der Waals surface area contributed by atoms with Crippen molar-refractivity contribution in [3.05, 3.63) is 78.5 Å². The van der Waals surface area contributed by atoms with E-state index in [-0.39, 0.29) is 11.9 Å². The molecule has 1 amide bonds. The maximum Gasteiger partial charge on any atom is 0.222 e. The minimum Gasteiger partial charge on any atom is -0.497 e. The van der Waals surface area contributed by atoms with Crippen molar-refractivity contribution in [2.24, 2.45) is 0 Å². The minimum absolute atomic E-state index is 0.146. The van der Waals surface area contributed by atoms with E-state index in [0.29, 0.717) is 13.0 Å². The van der Waals surface area contributed by atoms with Crippen LogP contribution < -0.4 is 4.74 Å². The molecule has 0 unspecified atom stereocenters. The maximum atomic E-state index is 12.9. The number of pyridine rings is 1. The van der Waals surface area contributed by atoms with Gasteiger partial charge in [0.2, 0.25) is 5.91 Å². The summed E-state index contributed by atoms with van der Waals surface area (Å²) in [6, 6.07) is 22.2. The Morgan fingerprint density at radius 3 is 2.66 bits per heavy atom. The molecule has 32 heavy (non-hydrogen) atoms. The van der Waals surface area contributed by atoms with Crippen LogP contribution in [0.2, 0.25) is 0 Å². The molecule has 0 saturated carbocycles. The molecule has 4 aromatic rings. The SMILES string of the molecule is COc1ccc(-c2nc3cccnc3n2[C@@H]2CCN(C(=O)CCc3ccccc3)C2)cc1. The molecule has 1 saturated heterocycles. The van der Waals surface area contributed by atoms with Crippen LogP contribution in [0.15, 0.2) is 72.9 Å². The Labute approximate surface area is 187 Å². The molecule has 0 aliphatic carbocycles. The Hall–Kier alpha value is -3.67. The normalized spacial score (nSPS) is 15.9. The van der Waals surface area contributed by atoms with E-state index in [1.807, 2.05) is 59.5 Å². The zero-order chi connectivity index (χ0) is 21.9. The molecule has 0 radical (unpaired) electrons. The zero-order valence-electron chi connectivity index (χ0n) is 18.1. The number of ether oxygens (including phenoxy) is 1. The number of hydrogen-bond donors (Lipinski definition) is 0. The fraction of sp³-hybridized carbons (Fsp3) is 0.269. The molecule has 1 aliphatic rings. The average Bonchev–Trinajstić information content (AvgIpc) is 3.48. The number of carbonyl (C=O) groups excluding carboxylic acids is 1. The number of rotatable bonds is 6. The van der Waals surface area contributed by atoms with Crippen LogP contribution in [-0.2, 0) is 11.2 Å². The largest absolute Gasteiger partial charge is 0.497 e. The molecule has 1 aliphatic heterocycles. The predicted octanol–water partition coefficient (Wildman–Crippen LogP) is 4.51. The summed E-state index contributed by atoms with van der Waals surface area (Å²) < 4.78 is 7.52. The first kappa shape index (κ1) is 20.2. The molecule has 0 spiro atoms. The van der Waals surface area contributed by atoms with Crippen LogP contribution in [-0.4, -0.2) is 45.5 Å². The van der Waals surface area contributed by atoms with E-state index in [1.165, 1.54) is 5.56 Å². The van der Waals surface area contributed by atoms with Crippen molar-refractivity contribution in [2.45, 2.75) is 25.3 Å². The highest BCUT2D eigenvalue weighted by Crippen LogP contribution is 2.33. The summed E-state index contributed by atoms with van der Waals surface area (Å²) >= 11 is 0. The number of likely N-dealkylation sites (tertiary alicyclic amines) is 1. The third-order valence-electron chi connectivity index (χ3n) is 6.15. The highest BCUT2D eigenvalue weighted by molar-refractivity contribution is 5.79. The number of benzene rings is 2. The molecule has 0 N–H and O–H groups in total. The van der Waals surface area contributed by atoms with Gasteiger partial charge < -0.3 is 14.2 Å². The Balaban J connectivity index is 1.39. The van der Waals surface area contributed by atoms with Crippen molar-refractivity contribution in [2.75, 3.05) is 20.2 Å². The van der Waals surface area contributed by atoms with Gasteiger partial charge in [0.1, 0.15) is 17.1 Å².